The Labute approximate surface area is 146 Å². The molecule has 5 rings (SSSR count). The molecule has 0 aliphatic rings. The van der Waals surface area contributed by atoms with Crippen LogP contribution in [0.1, 0.15) is 0 Å². The maximum Gasteiger partial charge on any atom is 0.345 e. The highest BCUT2D eigenvalue weighted by molar-refractivity contribution is 6.30. The first-order valence-electron chi connectivity index (χ1n) is 7.79. The molecule has 3 heterocycles. The molecule has 0 bridgehead atoms. The summed E-state index contributed by atoms with van der Waals surface area (Å²) in [6.45, 7) is 0. The standard InChI is InChI=1S/C20H11ClN2O2/c21-13-6-8-19-22-17(11-23(19)10-13)16-9-15-14-4-2-1-3-12(14)5-7-18(15)25-20(16)24/h1-11H. The molecule has 0 amide bonds. The lowest BCUT2D eigenvalue weighted by molar-refractivity contribution is 0.563. The molecule has 0 saturated carbocycles. The summed E-state index contributed by atoms with van der Waals surface area (Å²) in [6, 6.07) is 17.2. The summed E-state index contributed by atoms with van der Waals surface area (Å²) in [5.41, 5.74) is 1.88. The second kappa shape index (κ2) is 5.19. The van der Waals surface area contributed by atoms with Crippen LogP contribution >= 0.6 is 11.6 Å². The monoisotopic (exact) mass is 346 g/mol. The third kappa shape index (κ3) is 2.22. The smallest absolute Gasteiger partial charge is 0.345 e. The minimum atomic E-state index is -0.405. The van der Waals surface area contributed by atoms with Crippen molar-refractivity contribution >= 4 is 39.0 Å². The summed E-state index contributed by atoms with van der Waals surface area (Å²) in [6.07, 6.45) is 3.54. The second-order valence-electron chi connectivity index (χ2n) is 5.88. The Morgan fingerprint density at radius 1 is 0.960 bits per heavy atom. The first kappa shape index (κ1) is 14.3. The summed E-state index contributed by atoms with van der Waals surface area (Å²) < 4.78 is 7.34. The number of fused-ring (bicyclic) bond motifs is 4. The molecule has 5 aromatic rings. The molecule has 0 N–H and O–H groups in total. The van der Waals surface area contributed by atoms with Gasteiger partial charge in [0.05, 0.1) is 16.3 Å². The topological polar surface area (TPSA) is 47.5 Å². The van der Waals surface area contributed by atoms with Crippen LogP contribution in [-0.2, 0) is 0 Å². The minimum Gasteiger partial charge on any atom is -0.422 e. The van der Waals surface area contributed by atoms with Gasteiger partial charge in [0.15, 0.2) is 0 Å². The van der Waals surface area contributed by atoms with Gasteiger partial charge >= 0.3 is 5.63 Å². The van der Waals surface area contributed by atoms with Gasteiger partial charge in [0.1, 0.15) is 11.2 Å². The zero-order chi connectivity index (χ0) is 17.0. The number of benzene rings is 2. The highest BCUT2D eigenvalue weighted by Gasteiger charge is 2.13. The highest BCUT2D eigenvalue weighted by Crippen LogP contribution is 2.28. The van der Waals surface area contributed by atoms with E-state index >= 15 is 0 Å². The highest BCUT2D eigenvalue weighted by atomic mass is 35.5. The Hall–Kier alpha value is -3.11. The molecule has 0 aliphatic heterocycles. The number of halogens is 1. The van der Waals surface area contributed by atoms with E-state index in [0.29, 0.717) is 21.9 Å². The SMILES string of the molecule is O=c1oc2ccc3ccccc3c2cc1-c1cn2cc(Cl)ccc2n1. The molecule has 120 valence electrons. The van der Waals surface area contributed by atoms with Crippen LogP contribution in [0.25, 0.3) is 38.6 Å². The van der Waals surface area contributed by atoms with Crippen molar-refractivity contribution in [2.75, 3.05) is 0 Å². The molecule has 2 aromatic carbocycles. The van der Waals surface area contributed by atoms with E-state index in [0.717, 1.165) is 21.8 Å². The van der Waals surface area contributed by atoms with Crippen molar-refractivity contribution in [1.82, 2.24) is 9.38 Å². The van der Waals surface area contributed by atoms with Crippen LogP contribution in [0, 0.1) is 0 Å². The minimum absolute atomic E-state index is 0.405. The molecule has 0 atom stereocenters. The third-order valence-corrected chi connectivity index (χ3v) is 4.56. The fraction of sp³-hybridized carbons (Fsp3) is 0. The fourth-order valence-electron chi connectivity index (χ4n) is 3.14. The van der Waals surface area contributed by atoms with Crippen molar-refractivity contribution < 1.29 is 4.42 Å². The van der Waals surface area contributed by atoms with E-state index < -0.39 is 5.63 Å². The fourth-order valence-corrected chi connectivity index (χ4v) is 3.31. The molecular weight excluding hydrogens is 336 g/mol. The molecule has 5 heteroatoms. The van der Waals surface area contributed by atoms with Gasteiger partial charge < -0.3 is 8.82 Å². The number of aromatic nitrogens is 2. The van der Waals surface area contributed by atoms with Gasteiger partial charge in [-0.05, 0) is 35.0 Å². The lowest BCUT2D eigenvalue weighted by Crippen LogP contribution is -2.03. The van der Waals surface area contributed by atoms with Gasteiger partial charge in [-0.2, -0.15) is 0 Å². The van der Waals surface area contributed by atoms with Gasteiger partial charge in [0, 0.05) is 17.8 Å². The summed E-state index contributed by atoms with van der Waals surface area (Å²) in [5.74, 6) is 0. The lowest BCUT2D eigenvalue weighted by atomic mass is 10.0. The number of hydrogen-bond donors (Lipinski definition) is 0. The summed E-state index contributed by atoms with van der Waals surface area (Å²) in [4.78, 5) is 17.0. The average Bonchev–Trinajstić information content (AvgIpc) is 3.03. The number of hydrogen-bond acceptors (Lipinski definition) is 3. The van der Waals surface area contributed by atoms with E-state index in [-0.39, 0.29) is 0 Å². The van der Waals surface area contributed by atoms with Gasteiger partial charge in [-0.3, -0.25) is 0 Å². The number of nitrogens with zero attached hydrogens (tertiary/aromatic N) is 2. The van der Waals surface area contributed by atoms with E-state index in [1.54, 1.807) is 22.9 Å². The zero-order valence-corrected chi connectivity index (χ0v) is 13.7. The van der Waals surface area contributed by atoms with Crippen LogP contribution in [-0.4, -0.2) is 9.38 Å². The quantitative estimate of drug-likeness (QED) is 0.320. The van der Waals surface area contributed by atoms with Crippen LogP contribution < -0.4 is 5.63 Å². The number of imidazole rings is 1. The first-order chi connectivity index (χ1) is 12.2. The maximum absolute atomic E-state index is 12.5. The zero-order valence-electron chi connectivity index (χ0n) is 12.9. The van der Waals surface area contributed by atoms with E-state index in [1.807, 2.05) is 48.5 Å². The van der Waals surface area contributed by atoms with E-state index in [9.17, 15) is 4.79 Å². The van der Waals surface area contributed by atoms with Gasteiger partial charge in [-0.15, -0.1) is 0 Å². The summed E-state index contributed by atoms with van der Waals surface area (Å²) in [7, 11) is 0. The predicted octanol–water partition coefficient (Wildman–Crippen LogP) is 4.91. The van der Waals surface area contributed by atoms with Crippen LogP contribution in [0.15, 0.2) is 76.2 Å². The Kier molecular flexibility index (Phi) is 2.96. The normalized spacial score (nSPS) is 11.6. The largest absolute Gasteiger partial charge is 0.422 e. The molecule has 25 heavy (non-hydrogen) atoms. The molecule has 0 unspecified atom stereocenters. The van der Waals surface area contributed by atoms with Crippen molar-refractivity contribution in [2.45, 2.75) is 0 Å². The van der Waals surface area contributed by atoms with Crippen molar-refractivity contribution in [1.29, 1.82) is 0 Å². The number of rotatable bonds is 1. The van der Waals surface area contributed by atoms with Crippen molar-refractivity contribution in [3.8, 4) is 11.3 Å². The molecule has 0 spiro atoms. The van der Waals surface area contributed by atoms with Crippen LogP contribution in [0.4, 0.5) is 0 Å². The Bertz CT molecular complexity index is 1330. The molecule has 0 aliphatic carbocycles. The van der Waals surface area contributed by atoms with Crippen LogP contribution in [0.2, 0.25) is 5.02 Å². The van der Waals surface area contributed by atoms with Crippen molar-refractivity contribution in [3.63, 3.8) is 0 Å². The summed E-state index contributed by atoms with van der Waals surface area (Å²) >= 11 is 6.02. The van der Waals surface area contributed by atoms with E-state index in [4.69, 9.17) is 16.0 Å². The summed E-state index contributed by atoms with van der Waals surface area (Å²) in [5, 5.41) is 3.63. The third-order valence-electron chi connectivity index (χ3n) is 4.33. The molecule has 3 aromatic heterocycles. The van der Waals surface area contributed by atoms with Crippen molar-refractivity contribution in [2.24, 2.45) is 0 Å². The second-order valence-corrected chi connectivity index (χ2v) is 6.32. The molecule has 0 fully saturated rings. The van der Waals surface area contributed by atoms with E-state index in [2.05, 4.69) is 4.98 Å². The lowest BCUT2D eigenvalue weighted by Gasteiger charge is -2.04. The van der Waals surface area contributed by atoms with Crippen LogP contribution in [0.5, 0.6) is 0 Å². The Morgan fingerprint density at radius 3 is 2.76 bits per heavy atom. The van der Waals surface area contributed by atoms with Gasteiger partial charge in [-0.25, -0.2) is 9.78 Å². The van der Waals surface area contributed by atoms with Gasteiger partial charge in [0.2, 0.25) is 0 Å². The Balaban J connectivity index is 1.83. The average molecular weight is 347 g/mol. The first-order valence-corrected chi connectivity index (χ1v) is 8.17. The van der Waals surface area contributed by atoms with E-state index in [1.165, 1.54) is 0 Å². The van der Waals surface area contributed by atoms with Crippen LogP contribution in [0.3, 0.4) is 0 Å². The number of pyridine rings is 1. The molecule has 0 radical (unpaired) electrons. The van der Waals surface area contributed by atoms with Crippen molar-refractivity contribution in [3.05, 3.63) is 82.4 Å². The molecular formula is C20H11ClN2O2. The van der Waals surface area contributed by atoms with Gasteiger partial charge in [0.25, 0.3) is 0 Å². The maximum atomic E-state index is 12.5. The Morgan fingerprint density at radius 2 is 1.84 bits per heavy atom. The predicted molar refractivity (Wildman–Crippen MR) is 99.2 cm³/mol. The molecule has 4 nitrogen and oxygen atoms in total. The van der Waals surface area contributed by atoms with Gasteiger partial charge in [-0.1, -0.05) is 41.9 Å². The molecule has 0 saturated heterocycles.